The fourth-order valence-electron chi connectivity index (χ4n) is 1.94. The Hall–Kier alpha value is -2.41. The summed E-state index contributed by atoms with van der Waals surface area (Å²) in [4.78, 5) is 15.8. The van der Waals surface area contributed by atoms with E-state index in [1.807, 2.05) is 12.1 Å². The number of pyridine rings is 1. The van der Waals surface area contributed by atoms with Crippen molar-refractivity contribution in [1.29, 1.82) is 0 Å². The van der Waals surface area contributed by atoms with E-state index >= 15 is 0 Å². The van der Waals surface area contributed by atoms with Crippen LogP contribution in [0.15, 0.2) is 48.8 Å². The van der Waals surface area contributed by atoms with E-state index in [2.05, 4.69) is 15.6 Å². The zero-order valence-corrected chi connectivity index (χ0v) is 14.5. The summed E-state index contributed by atoms with van der Waals surface area (Å²) in [5.74, 6) is -0.000808. The summed E-state index contributed by atoms with van der Waals surface area (Å²) in [5, 5.41) is 5.04. The van der Waals surface area contributed by atoms with Crippen LogP contribution in [0.1, 0.15) is 25.0 Å². The van der Waals surface area contributed by atoms with Crippen LogP contribution in [0.3, 0.4) is 0 Å². The molecule has 1 aromatic heterocycles. The predicted molar refractivity (Wildman–Crippen MR) is 94.3 cm³/mol. The lowest BCUT2D eigenvalue weighted by Crippen LogP contribution is -2.28. The molecular formula is C17H21N3O3S. The normalized spacial score (nSPS) is 11.3. The summed E-state index contributed by atoms with van der Waals surface area (Å²) in [6, 6.07) is 10.1. The van der Waals surface area contributed by atoms with Crippen molar-refractivity contribution in [3.8, 4) is 0 Å². The van der Waals surface area contributed by atoms with Crippen molar-refractivity contribution in [2.24, 2.45) is 0 Å². The van der Waals surface area contributed by atoms with Gasteiger partial charge in [0, 0.05) is 24.6 Å². The van der Waals surface area contributed by atoms with Gasteiger partial charge in [-0.3, -0.25) is 4.98 Å². The highest BCUT2D eigenvalue weighted by Gasteiger charge is 2.16. The molecule has 1 aromatic carbocycles. The first-order chi connectivity index (χ1) is 11.4. The van der Waals surface area contributed by atoms with Crippen LogP contribution in [0.2, 0.25) is 0 Å². The number of nitrogens with zero attached hydrogens (tertiary/aromatic N) is 1. The number of sulfone groups is 1. The largest absolute Gasteiger partial charge is 0.334 e. The van der Waals surface area contributed by atoms with E-state index in [4.69, 9.17) is 0 Å². The highest BCUT2D eigenvalue weighted by Crippen LogP contribution is 2.14. The van der Waals surface area contributed by atoms with Gasteiger partial charge in [-0.25, -0.2) is 13.2 Å². The highest BCUT2D eigenvalue weighted by molar-refractivity contribution is 7.91. The topological polar surface area (TPSA) is 88.2 Å². The summed E-state index contributed by atoms with van der Waals surface area (Å²) >= 11 is 0. The van der Waals surface area contributed by atoms with E-state index in [1.165, 1.54) is 0 Å². The van der Waals surface area contributed by atoms with Crippen LogP contribution >= 0.6 is 0 Å². The van der Waals surface area contributed by atoms with Gasteiger partial charge >= 0.3 is 6.03 Å². The maximum Gasteiger partial charge on any atom is 0.319 e. The number of hydrogen-bond donors (Lipinski definition) is 2. The molecule has 0 atom stereocenters. The lowest BCUT2D eigenvalue weighted by molar-refractivity contribution is 0.251. The summed E-state index contributed by atoms with van der Waals surface area (Å²) in [7, 11) is -3.13. The van der Waals surface area contributed by atoms with Gasteiger partial charge < -0.3 is 10.6 Å². The van der Waals surface area contributed by atoms with E-state index in [9.17, 15) is 13.2 Å². The van der Waals surface area contributed by atoms with Crippen molar-refractivity contribution in [1.82, 2.24) is 10.3 Å². The van der Waals surface area contributed by atoms with Crippen molar-refractivity contribution in [3.05, 3.63) is 59.9 Å². The number of nitrogens with one attached hydrogen (secondary N) is 2. The molecule has 6 nitrogen and oxygen atoms in total. The summed E-state index contributed by atoms with van der Waals surface area (Å²) in [6.07, 6.45) is 3.33. The molecule has 2 aromatic rings. The molecule has 0 aliphatic rings. The van der Waals surface area contributed by atoms with Gasteiger partial charge in [0.25, 0.3) is 0 Å². The number of aromatic nitrogens is 1. The maximum atomic E-state index is 11.9. The third-order valence-corrected chi connectivity index (χ3v) is 5.67. The molecular weight excluding hydrogens is 326 g/mol. The second kappa shape index (κ2) is 7.92. The molecule has 128 valence electrons. The van der Waals surface area contributed by atoms with Crippen molar-refractivity contribution in [2.75, 3.05) is 5.32 Å². The monoisotopic (exact) mass is 347 g/mol. The summed E-state index contributed by atoms with van der Waals surface area (Å²) < 4.78 is 23.8. The van der Waals surface area contributed by atoms with E-state index in [-0.39, 0.29) is 11.8 Å². The number of urea groups is 1. The zero-order valence-electron chi connectivity index (χ0n) is 13.7. The summed E-state index contributed by atoms with van der Waals surface area (Å²) in [5.41, 5.74) is 2.26. The van der Waals surface area contributed by atoms with E-state index in [0.29, 0.717) is 17.8 Å². The standard InChI is InChI=1S/C17H21N3O3S/c1-13(2)24(22,23)12-15-3-5-16(6-4-15)20-17(21)19-11-14-7-9-18-10-8-14/h3-10,13H,11-12H2,1-2H3,(H2,19,20,21). The van der Waals surface area contributed by atoms with Crippen molar-refractivity contribution in [2.45, 2.75) is 31.4 Å². The Morgan fingerprint density at radius 3 is 2.25 bits per heavy atom. The second-order valence-corrected chi connectivity index (χ2v) is 8.27. The molecule has 0 saturated heterocycles. The molecule has 1 heterocycles. The molecule has 2 rings (SSSR count). The van der Waals surface area contributed by atoms with Crippen LogP contribution in [0.5, 0.6) is 0 Å². The third kappa shape index (κ3) is 5.34. The number of rotatable bonds is 6. The minimum Gasteiger partial charge on any atom is -0.334 e. The highest BCUT2D eigenvalue weighted by atomic mass is 32.2. The van der Waals surface area contributed by atoms with Crippen LogP contribution in [-0.2, 0) is 22.1 Å². The van der Waals surface area contributed by atoms with Gasteiger partial charge in [0.05, 0.1) is 11.0 Å². The average Bonchev–Trinajstić information content (AvgIpc) is 2.55. The zero-order chi connectivity index (χ0) is 17.6. The fraction of sp³-hybridized carbons (Fsp3) is 0.294. The molecule has 24 heavy (non-hydrogen) atoms. The number of carbonyl (C=O) groups excluding carboxylic acids is 1. The maximum absolute atomic E-state index is 11.9. The quantitative estimate of drug-likeness (QED) is 0.841. The number of benzene rings is 1. The van der Waals surface area contributed by atoms with Gasteiger partial charge in [0.15, 0.2) is 9.84 Å². The Kier molecular flexibility index (Phi) is 5.92. The van der Waals surface area contributed by atoms with Crippen molar-refractivity contribution >= 4 is 21.6 Å². The van der Waals surface area contributed by atoms with Crippen molar-refractivity contribution in [3.63, 3.8) is 0 Å². The van der Waals surface area contributed by atoms with Crippen LogP contribution < -0.4 is 10.6 Å². The molecule has 0 fully saturated rings. The van der Waals surface area contributed by atoms with Crippen LogP contribution in [0, 0.1) is 0 Å². The van der Waals surface area contributed by atoms with Gasteiger partial charge in [-0.05, 0) is 49.2 Å². The van der Waals surface area contributed by atoms with E-state index in [0.717, 1.165) is 5.56 Å². The Balaban J connectivity index is 1.88. The van der Waals surface area contributed by atoms with Gasteiger partial charge in [-0.15, -0.1) is 0 Å². The smallest absolute Gasteiger partial charge is 0.319 e. The molecule has 0 unspecified atom stereocenters. The van der Waals surface area contributed by atoms with Gasteiger partial charge in [-0.1, -0.05) is 12.1 Å². The lowest BCUT2D eigenvalue weighted by Gasteiger charge is -2.10. The molecule has 2 N–H and O–H groups in total. The van der Waals surface area contributed by atoms with Crippen LogP contribution in [0.4, 0.5) is 10.5 Å². The molecule has 0 saturated carbocycles. The number of amides is 2. The number of anilines is 1. The van der Waals surface area contributed by atoms with Gasteiger partial charge in [0.1, 0.15) is 0 Å². The van der Waals surface area contributed by atoms with E-state index in [1.54, 1.807) is 50.5 Å². The van der Waals surface area contributed by atoms with E-state index < -0.39 is 15.1 Å². The van der Waals surface area contributed by atoms with Gasteiger partial charge in [-0.2, -0.15) is 0 Å². The fourth-order valence-corrected chi connectivity index (χ4v) is 2.93. The minimum absolute atomic E-state index is 0.000808. The SMILES string of the molecule is CC(C)S(=O)(=O)Cc1ccc(NC(=O)NCc2ccncc2)cc1. The second-order valence-electron chi connectivity index (χ2n) is 5.72. The molecule has 0 aliphatic carbocycles. The van der Waals surface area contributed by atoms with Gasteiger partial charge in [0.2, 0.25) is 0 Å². The first-order valence-electron chi connectivity index (χ1n) is 7.61. The Bertz CT molecular complexity index is 772. The third-order valence-electron chi connectivity index (χ3n) is 3.50. The van der Waals surface area contributed by atoms with Crippen LogP contribution in [-0.4, -0.2) is 24.7 Å². The molecule has 0 radical (unpaired) electrons. The molecule has 0 bridgehead atoms. The van der Waals surface area contributed by atoms with Crippen molar-refractivity contribution < 1.29 is 13.2 Å². The lowest BCUT2D eigenvalue weighted by atomic mass is 10.2. The van der Waals surface area contributed by atoms with Crippen LogP contribution in [0.25, 0.3) is 0 Å². The number of hydrogen-bond acceptors (Lipinski definition) is 4. The number of carbonyl (C=O) groups is 1. The first-order valence-corrected chi connectivity index (χ1v) is 9.32. The Morgan fingerprint density at radius 1 is 1.04 bits per heavy atom. The molecule has 0 spiro atoms. The Labute approximate surface area is 142 Å². The average molecular weight is 347 g/mol. The molecule has 7 heteroatoms. The molecule has 0 aliphatic heterocycles. The molecule has 2 amide bonds. The minimum atomic E-state index is -3.13. The summed E-state index contributed by atoms with van der Waals surface area (Å²) in [6.45, 7) is 3.73. The first kappa shape index (κ1) is 17.9. The Morgan fingerprint density at radius 2 is 1.67 bits per heavy atom. The predicted octanol–water partition coefficient (Wildman–Crippen LogP) is 2.73.